The molecule has 2 amide bonds. The molecule has 0 saturated carbocycles. The fourth-order valence-electron chi connectivity index (χ4n) is 2.38. The Balaban J connectivity index is 1.76. The zero-order chi connectivity index (χ0) is 21.2. The number of carbonyl (C=O) groups is 1. The van der Waals surface area contributed by atoms with E-state index >= 15 is 0 Å². The van der Waals surface area contributed by atoms with Crippen LogP contribution in [0.15, 0.2) is 37.1 Å². The highest BCUT2D eigenvalue weighted by Gasteiger charge is 2.33. The molecule has 0 fully saturated rings. The van der Waals surface area contributed by atoms with Crippen LogP contribution in [0.25, 0.3) is 5.95 Å². The third-order valence-electron chi connectivity index (χ3n) is 3.83. The van der Waals surface area contributed by atoms with Crippen LogP contribution in [-0.4, -0.2) is 42.8 Å². The molecule has 3 heterocycles. The number of aromatic nitrogens is 6. The summed E-state index contributed by atoms with van der Waals surface area (Å²) >= 11 is 5.91. The topological polar surface area (TPSA) is 102 Å². The first-order valence-corrected chi connectivity index (χ1v) is 8.50. The van der Waals surface area contributed by atoms with Gasteiger partial charge in [0, 0.05) is 19.4 Å². The molecule has 1 atom stereocenters. The van der Waals surface area contributed by atoms with Crippen molar-refractivity contribution in [3.63, 3.8) is 0 Å². The van der Waals surface area contributed by atoms with Crippen molar-refractivity contribution in [3.05, 3.63) is 53.6 Å². The molecule has 29 heavy (non-hydrogen) atoms. The minimum Gasteiger partial charge on any atom is -0.328 e. The van der Waals surface area contributed by atoms with Crippen LogP contribution in [0.2, 0.25) is 5.02 Å². The van der Waals surface area contributed by atoms with E-state index in [1.165, 1.54) is 30.5 Å². The van der Waals surface area contributed by atoms with E-state index in [9.17, 15) is 18.0 Å². The van der Waals surface area contributed by atoms with Crippen molar-refractivity contribution in [2.75, 3.05) is 11.9 Å². The maximum atomic E-state index is 12.7. The molecular formula is C16H14ClF3N8O. The molecule has 1 unspecified atom stereocenters. The van der Waals surface area contributed by atoms with Gasteiger partial charge in [-0.3, -0.25) is 4.90 Å². The average molecular weight is 427 g/mol. The van der Waals surface area contributed by atoms with Gasteiger partial charge in [-0.15, -0.1) is 0 Å². The molecule has 0 saturated heterocycles. The number of nitrogens with one attached hydrogen (secondary N) is 1. The van der Waals surface area contributed by atoms with Crippen LogP contribution in [0.4, 0.5) is 23.7 Å². The molecule has 3 aromatic heterocycles. The Labute approximate surface area is 167 Å². The number of rotatable bonds is 4. The molecule has 152 valence electrons. The molecular weight excluding hydrogens is 413 g/mol. The summed E-state index contributed by atoms with van der Waals surface area (Å²) in [6.07, 6.45) is 0.598. The molecule has 3 rings (SSSR count). The van der Waals surface area contributed by atoms with Crippen molar-refractivity contribution in [3.8, 4) is 5.95 Å². The Kier molecular flexibility index (Phi) is 5.64. The predicted molar refractivity (Wildman–Crippen MR) is 96.5 cm³/mol. The first-order chi connectivity index (χ1) is 13.7. The number of hydrogen-bond acceptors (Lipinski definition) is 6. The number of pyridine rings is 1. The molecule has 0 bridgehead atoms. The summed E-state index contributed by atoms with van der Waals surface area (Å²) in [6.45, 7) is 1.65. The Bertz CT molecular complexity index is 1010. The number of halogens is 4. The van der Waals surface area contributed by atoms with Gasteiger partial charge in [0.1, 0.15) is 12.0 Å². The molecule has 0 spiro atoms. The van der Waals surface area contributed by atoms with E-state index in [0.717, 1.165) is 11.1 Å². The van der Waals surface area contributed by atoms with Gasteiger partial charge in [0.25, 0.3) is 5.95 Å². The van der Waals surface area contributed by atoms with Crippen LogP contribution in [-0.2, 0) is 6.18 Å². The van der Waals surface area contributed by atoms with Crippen molar-refractivity contribution in [1.29, 1.82) is 0 Å². The predicted octanol–water partition coefficient (Wildman–Crippen LogP) is 3.03. The Hall–Kier alpha value is -3.28. The molecule has 3 aromatic rings. The summed E-state index contributed by atoms with van der Waals surface area (Å²) in [4.78, 5) is 29.2. The van der Waals surface area contributed by atoms with Crippen LogP contribution in [0.3, 0.4) is 0 Å². The van der Waals surface area contributed by atoms with E-state index in [1.54, 1.807) is 13.0 Å². The summed E-state index contributed by atoms with van der Waals surface area (Å²) in [5, 5.41) is 6.44. The monoisotopic (exact) mass is 426 g/mol. The number of nitrogens with zero attached hydrogens (tertiary/aromatic N) is 7. The molecule has 0 aliphatic rings. The van der Waals surface area contributed by atoms with Gasteiger partial charge in [0.2, 0.25) is 0 Å². The third-order valence-corrected chi connectivity index (χ3v) is 4.14. The minimum atomic E-state index is -4.64. The number of anilines is 1. The average Bonchev–Trinajstić information content (AvgIpc) is 3.17. The lowest BCUT2D eigenvalue weighted by Gasteiger charge is -2.22. The summed E-state index contributed by atoms with van der Waals surface area (Å²) in [5.74, 6) is 0.624. The lowest BCUT2D eigenvalue weighted by atomic mass is 10.3. The molecule has 0 radical (unpaired) electrons. The van der Waals surface area contributed by atoms with E-state index in [2.05, 4.69) is 30.4 Å². The zero-order valence-electron chi connectivity index (χ0n) is 15.1. The first-order valence-electron chi connectivity index (χ1n) is 8.12. The van der Waals surface area contributed by atoms with Crippen LogP contribution in [0.5, 0.6) is 0 Å². The highest BCUT2D eigenvalue weighted by atomic mass is 35.5. The Morgan fingerprint density at radius 1 is 1.24 bits per heavy atom. The lowest BCUT2D eigenvalue weighted by molar-refractivity contribution is -0.141. The summed E-state index contributed by atoms with van der Waals surface area (Å²) in [7, 11) is 1.35. The highest BCUT2D eigenvalue weighted by molar-refractivity contribution is 6.33. The molecule has 1 N–H and O–H groups in total. The van der Waals surface area contributed by atoms with Gasteiger partial charge in [0.15, 0.2) is 5.82 Å². The summed E-state index contributed by atoms with van der Waals surface area (Å²) in [5.41, 5.74) is -1.14. The summed E-state index contributed by atoms with van der Waals surface area (Å²) < 4.78 is 39.5. The van der Waals surface area contributed by atoms with Crippen molar-refractivity contribution in [2.24, 2.45) is 0 Å². The second-order valence-corrected chi connectivity index (χ2v) is 6.23. The van der Waals surface area contributed by atoms with Crippen molar-refractivity contribution >= 4 is 23.3 Å². The van der Waals surface area contributed by atoms with Gasteiger partial charge in [-0.25, -0.2) is 24.7 Å². The third kappa shape index (κ3) is 4.42. The van der Waals surface area contributed by atoms with E-state index in [1.807, 2.05) is 0 Å². The smallest absolute Gasteiger partial charge is 0.328 e. The lowest BCUT2D eigenvalue weighted by Crippen LogP contribution is -2.39. The van der Waals surface area contributed by atoms with Crippen LogP contribution in [0.1, 0.15) is 24.5 Å². The quantitative estimate of drug-likeness (QED) is 0.688. The van der Waals surface area contributed by atoms with E-state index in [4.69, 9.17) is 11.6 Å². The second-order valence-electron chi connectivity index (χ2n) is 5.83. The van der Waals surface area contributed by atoms with Crippen LogP contribution < -0.4 is 10.2 Å². The number of hydrogen-bond donors (Lipinski definition) is 1. The highest BCUT2D eigenvalue weighted by Crippen LogP contribution is 2.33. The maximum absolute atomic E-state index is 12.7. The van der Waals surface area contributed by atoms with Crippen molar-refractivity contribution < 1.29 is 18.0 Å². The molecule has 13 heteroatoms. The minimum absolute atomic E-state index is 0.0113. The Morgan fingerprint density at radius 3 is 2.55 bits per heavy atom. The van der Waals surface area contributed by atoms with Gasteiger partial charge in [-0.05, 0) is 19.1 Å². The van der Waals surface area contributed by atoms with E-state index in [0.29, 0.717) is 11.9 Å². The molecule has 0 aliphatic carbocycles. The van der Waals surface area contributed by atoms with E-state index < -0.39 is 23.9 Å². The Morgan fingerprint density at radius 2 is 1.93 bits per heavy atom. The SMILES string of the molecule is CC(NC(=O)N(C)c1cnc(C(F)(F)F)cc1Cl)c1ncnn1-c1ncccn1. The number of carbonyl (C=O) groups excluding carboxylic acids is 1. The number of urea groups is 1. The van der Waals surface area contributed by atoms with Crippen molar-refractivity contribution in [2.45, 2.75) is 19.1 Å². The normalized spacial score (nSPS) is 12.5. The van der Waals surface area contributed by atoms with Gasteiger partial charge in [-0.1, -0.05) is 11.6 Å². The summed E-state index contributed by atoms with van der Waals surface area (Å²) in [6, 6.07) is 1.04. The van der Waals surface area contributed by atoms with Crippen LogP contribution in [0, 0.1) is 0 Å². The molecule has 9 nitrogen and oxygen atoms in total. The fourth-order valence-corrected chi connectivity index (χ4v) is 2.66. The second kappa shape index (κ2) is 7.99. The van der Waals surface area contributed by atoms with Gasteiger partial charge in [-0.2, -0.15) is 23.0 Å². The fraction of sp³-hybridized carbons (Fsp3) is 0.250. The number of alkyl halides is 3. The van der Waals surface area contributed by atoms with Gasteiger partial charge < -0.3 is 5.32 Å². The van der Waals surface area contributed by atoms with Crippen LogP contribution >= 0.6 is 11.6 Å². The largest absolute Gasteiger partial charge is 0.433 e. The first kappa shape index (κ1) is 20.5. The maximum Gasteiger partial charge on any atom is 0.433 e. The molecule has 0 aromatic carbocycles. The molecule has 0 aliphatic heterocycles. The van der Waals surface area contributed by atoms with Crippen molar-refractivity contribution in [1.82, 2.24) is 35.0 Å². The van der Waals surface area contributed by atoms with Gasteiger partial charge in [0.05, 0.1) is 22.9 Å². The van der Waals surface area contributed by atoms with Gasteiger partial charge >= 0.3 is 12.2 Å². The standard InChI is InChI=1S/C16H14ClF3N8O/c1-9(13-24-8-25-28(13)14-21-4-3-5-22-14)26-15(29)27(2)11-7-23-12(6-10(11)17)16(18,19)20/h3-9H,1-2H3,(H,26,29). The van der Waals surface area contributed by atoms with E-state index in [-0.39, 0.29) is 16.7 Å². The number of amides is 2. The zero-order valence-corrected chi connectivity index (χ0v) is 15.8.